The molecule has 226 valence electrons. The summed E-state index contributed by atoms with van der Waals surface area (Å²) in [7, 11) is 0. The molecule has 0 spiro atoms. The van der Waals surface area contributed by atoms with Crippen LogP contribution in [0.25, 0.3) is 44.7 Å². The third-order valence-corrected chi connectivity index (χ3v) is 9.87. The topological polar surface area (TPSA) is 28.5 Å². The van der Waals surface area contributed by atoms with Crippen molar-refractivity contribution in [2.75, 3.05) is 6.54 Å². The second kappa shape index (κ2) is 11.7. The first kappa shape index (κ1) is 29.6. The molecule has 7 rings (SSSR count). The van der Waals surface area contributed by atoms with Gasteiger partial charge in [0.25, 0.3) is 0 Å². The monoisotopic (exact) mass is 623 g/mol. The van der Waals surface area contributed by atoms with Crippen LogP contribution >= 0.6 is 11.9 Å². The Balaban J connectivity index is 1.14. The average Bonchev–Trinajstić information content (AvgIpc) is 3.30. The van der Waals surface area contributed by atoms with E-state index in [-0.39, 0.29) is 5.41 Å². The lowest BCUT2D eigenvalue weighted by molar-refractivity contribution is 0.515. The minimum atomic E-state index is -0.824. The predicted octanol–water partition coefficient (Wildman–Crippen LogP) is 10.6. The molecular weight excluding hydrogens is 593 g/mol. The highest BCUT2D eigenvalue weighted by atomic mass is 32.2. The number of rotatable bonds is 7. The summed E-state index contributed by atoms with van der Waals surface area (Å²) >= 11 is 1.66. The van der Waals surface area contributed by atoms with E-state index in [1.807, 2.05) is 36.4 Å². The maximum absolute atomic E-state index is 14.5. The van der Waals surface area contributed by atoms with Gasteiger partial charge in [0, 0.05) is 34.2 Å². The van der Waals surface area contributed by atoms with Gasteiger partial charge in [-0.2, -0.15) is 13.8 Å². The Morgan fingerprint density at radius 1 is 0.804 bits per heavy atom. The van der Waals surface area contributed by atoms with Crippen LogP contribution in [0.4, 0.5) is 8.78 Å². The number of benzene rings is 4. The van der Waals surface area contributed by atoms with Crippen LogP contribution in [0, 0.1) is 11.9 Å². The van der Waals surface area contributed by atoms with Gasteiger partial charge in [0.05, 0.1) is 5.70 Å². The molecule has 0 saturated heterocycles. The van der Waals surface area contributed by atoms with Crippen molar-refractivity contribution >= 4 is 29.9 Å². The smallest absolute Gasteiger partial charge is 0.223 e. The quantitative estimate of drug-likeness (QED) is 0.103. The van der Waals surface area contributed by atoms with Gasteiger partial charge in [-0.25, -0.2) is 0 Å². The Kier molecular flexibility index (Phi) is 7.53. The summed E-state index contributed by atoms with van der Waals surface area (Å²) in [5.74, 6) is -1.63. The van der Waals surface area contributed by atoms with E-state index in [1.54, 1.807) is 11.9 Å². The summed E-state index contributed by atoms with van der Waals surface area (Å²) in [4.78, 5) is 8.50. The number of aliphatic imine (C=N–C) groups is 1. The van der Waals surface area contributed by atoms with Crippen LogP contribution in [0.5, 0.6) is 0 Å². The van der Waals surface area contributed by atoms with Crippen molar-refractivity contribution < 1.29 is 8.78 Å². The fourth-order valence-corrected chi connectivity index (χ4v) is 7.34. The SMILES string of the molecule is C=NC(=C)c1ccccc1SN1C=C(c2ccc(-c3ccc4c(c3)C(C)(C)c3cc(-c5ccc(F)nc5F)ccc3-4)cc2)C=CC1. The van der Waals surface area contributed by atoms with Gasteiger partial charge in [-0.05, 0) is 99.1 Å². The lowest BCUT2D eigenvalue weighted by Gasteiger charge is -2.23. The van der Waals surface area contributed by atoms with E-state index < -0.39 is 11.9 Å². The molecule has 0 unspecified atom stereocenters. The molecule has 0 saturated carbocycles. The summed E-state index contributed by atoms with van der Waals surface area (Å²) in [6.45, 7) is 12.9. The van der Waals surface area contributed by atoms with Gasteiger partial charge in [0.15, 0.2) is 0 Å². The number of pyridine rings is 1. The van der Waals surface area contributed by atoms with Gasteiger partial charge in [-0.15, -0.1) is 0 Å². The predicted molar refractivity (Wildman–Crippen MR) is 187 cm³/mol. The summed E-state index contributed by atoms with van der Waals surface area (Å²) in [6, 6.07) is 32.0. The fraction of sp³-hybridized carbons (Fsp3) is 0.100. The van der Waals surface area contributed by atoms with Crippen molar-refractivity contribution in [3.63, 3.8) is 0 Å². The molecule has 2 aliphatic rings. The highest BCUT2D eigenvalue weighted by Gasteiger charge is 2.36. The van der Waals surface area contributed by atoms with Crippen molar-refractivity contribution in [2.45, 2.75) is 24.2 Å². The van der Waals surface area contributed by atoms with Crippen LogP contribution in [0.15, 0.2) is 132 Å². The maximum Gasteiger partial charge on any atom is 0.223 e. The van der Waals surface area contributed by atoms with Gasteiger partial charge < -0.3 is 4.31 Å². The van der Waals surface area contributed by atoms with Crippen molar-refractivity contribution in [1.29, 1.82) is 0 Å². The van der Waals surface area contributed by atoms with E-state index in [9.17, 15) is 8.78 Å². The van der Waals surface area contributed by atoms with Crippen LogP contribution in [0.3, 0.4) is 0 Å². The van der Waals surface area contributed by atoms with Gasteiger partial charge >= 0.3 is 0 Å². The largest absolute Gasteiger partial charge is 0.315 e. The van der Waals surface area contributed by atoms with E-state index in [2.05, 4.69) is 108 Å². The molecule has 46 heavy (non-hydrogen) atoms. The van der Waals surface area contributed by atoms with E-state index in [0.717, 1.165) is 50.4 Å². The lowest BCUT2D eigenvalue weighted by Crippen LogP contribution is -2.15. The Labute approximate surface area is 272 Å². The molecule has 0 amide bonds. The normalized spacial score (nSPS) is 14.4. The molecule has 0 N–H and O–H groups in total. The third kappa shape index (κ3) is 5.29. The highest BCUT2D eigenvalue weighted by Crippen LogP contribution is 2.50. The summed E-state index contributed by atoms with van der Waals surface area (Å²) in [6.07, 6.45) is 6.52. The molecule has 3 nitrogen and oxygen atoms in total. The molecule has 2 heterocycles. The Bertz CT molecular complexity index is 2090. The number of hydrogen-bond donors (Lipinski definition) is 0. The first-order chi connectivity index (χ1) is 22.2. The molecule has 0 atom stereocenters. The first-order valence-electron chi connectivity index (χ1n) is 15.0. The molecule has 0 fully saturated rings. The van der Waals surface area contributed by atoms with Crippen molar-refractivity contribution in [1.82, 2.24) is 9.29 Å². The zero-order valence-electron chi connectivity index (χ0n) is 25.6. The lowest BCUT2D eigenvalue weighted by atomic mass is 9.81. The van der Waals surface area contributed by atoms with E-state index in [0.29, 0.717) is 16.8 Å². The summed E-state index contributed by atoms with van der Waals surface area (Å²) in [5.41, 5.74) is 11.5. The highest BCUT2D eigenvalue weighted by molar-refractivity contribution is 7.97. The van der Waals surface area contributed by atoms with E-state index >= 15 is 0 Å². The number of halogens is 2. The average molecular weight is 624 g/mol. The Morgan fingerprint density at radius 3 is 2.15 bits per heavy atom. The minimum Gasteiger partial charge on any atom is -0.315 e. The first-order valence-corrected chi connectivity index (χ1v) is 15.8. The van der Waals surface area contributed by atoms with Crippen LogP contribution in [-0.2, 0) is 5.41 Å². The van der Waals surface area contributed by atoms with Crippen LogP contribution in [0.1, 0.15) is 36.1 Å². The molecule has 1 aromatic heterocycles. The summed E-state index contributed by atoms with van der Waals surface area (Å²) < 4.78 is 30.2. The molecule has 0 bridgehead atoms. The van der Waals surface area contributed by atoms with Crippen molar-refractivity contribution in [3.05, 3.63) is 156 Å². The Hall–Kier alpha value is -5.07. The number of allylic oxidation sites excluding steroid dienone is 2. The number of aromatic nitrogens is 1. The zero-order valence-corrected chi connectivity index (χ0v) is 26.4. The summed E-state index contributed by atoms with van der Waals surface area (Å²) in [5, 5.41) is 0. The molecule has 5 aromatic rings. The van der Waals surface area contributed by atoms with Gasteiger partial charge in [0.2, 0.25) is 11.9 Å². The van der Waals surface area contributed by atoms with Crippen molar-refractivity contribution in [2.24, 2.45) is 4.99 Å². The number of nitrogens with zero attached hydrogens (tertiary/aromatic N) is 3. The van der Waals surface area contributed by atoms with E-state index in [1.165, 1.54) is 23.3 Å². The zero-order chi connectivity index (χ0) is 32.0. The second-order valence-corrected chi connectivity index (χ2v) is 13.1. The second-order valence-electron chi connectivity index (χ2n) is 12.0. The molecule has 4 aromatic carbocycles. The molecule has 6 heteroatoms. The van der Waals surface area contributed by atoms with Crippen LogP contribution in [-0.4, -0.2) is 22.6 Å². The number of hydrogen-bond acceptors (Lipinski definition) is 4. The molecular formula is C40H31F2N3S. The fourth-order valence-electron chi connectivity index (χ4n) is 6.33. The third-order valence-electron chi connectivity index (χ3n) is 8.82. The molecule has 1 aliphatic heterocycles. The van der Waals surface area contributed by atoms with Crippen LogP contribution < -0.4 is 0 Å². The maximum atomic E-state index is 14.5. The number of fused-ring (bicyclic) bond motifs is 3. The van der Waals surface area contributed by atoms with Crippen molar-refractivity contribution in [3.8, 4) is 33.4 Å². The molecule has 0 radical (unpaired) electrons. The molecule has 1 aliphatic carbocycles. The Morgan fingerprint density at radius 2 is 1.43 bits per heavy atom. The van der Waals surface area contributed by atoms with E-state index in [4.69, 9.17) is 0 Å². The van der Waals surface area contributed by atoms with Crippen LogP contribution in [0.2, 0.25) is 0 Å². The van der Waals surface area contributed by atoms with Gasteiger partial charge in [-0.3, -0.25) is 4.99 Å². The minimum absolute atomic E-state index is 0.294. The standard InChI is InChI=1S/C40H31F2N3S/c1-25(43-4)31-9-5-6-10-37(31)46-45-21-7-8-30(24-45)27-13-11-26(12-14-27)28-15-17-33-34-18-16-29(32-19-20-38(41)44-39(32)42)23-36(34)40(2,3)35(33)22-28/h5-20,22-24H,1,4,21H2,2-3H3. The van der Waals surface area contributed by atoms with Gasteiger partial charge in [0.1, 0.15) is 0 Å². The van der Waals surface area contributed by atoms with Gasteiger partial charge in [-0.1, -0.05) is 99.3 Å².